The van der Waals surface area contributed by atoms with Gasteiger partial charge in [0.15, 0.2) is 0 Å². The average molecular weight is 341 g/mol. The molecule has 1 aromatic heterocycles. The van der Waals surface area contributed by atoms with Crippen LogP contribution in [0, 0.1) is 0 Å². The molecule has 0 bridgehead atoms. The molecule has 6 heteroatoms. The summed E-state index contributed by atoms with van der Waals surface area (Å²) < 4.78 is 7.21. The molecular weight excluding hydrogens is 318 g/mol. The Labute approximate surface area is 147 Å². The molecule has 2 amide bonds. The zero-order valence-corrected chi connectivity index (χ0v) is 14.6. The number of hydrogen-bond acceptors (Lipinski definition) is 3. The quantitative estimate of drug-likeness (QED) is 0.848. The number of rotatable bonds is 4. The van der Waals surface area contributed by atoms with Gasteiger partial charge in [0.05, 0.1) is 19.1 Å². The number of piperazine rings is 1. The SMILES string of the molecule is COc1ccccc1C(=O)N1CCN(C(=O)Cc2ccn(C)c2)CC1. The van der Waals surface area contributed by atoms with Gasteiger partial charge in [0, 0.05) is 45.6 Å². The Hall–Kier alpha value is -2.76. The van der Waals surface area contributed by atoms with Crippen molar-refractivity contribution in [2.24, 2.45) is 7.05 Å². The number of hydrogen-bond donors (Lipinski definition) is 0. The van der Waals surface area contributed by atoms with Gasteiger partial charge in [0.2, 0.25) is 5.91 Å². The number of methoxy groups -OCH3 is 1. The Morgan fingerprint density at radius 2 is 1.72 bits per heavy atom. The molecule has 132 valence electrons. The van der Waals surface area contributed by atoms with E-state index in [-0.39, 0.29) is 11.8 Å². The lowest BCUT2D eigenvalue weighted by atomic mass is 10.1. The molecule has 25 heavy (non-hydrogen) atoms. The summed E-state index contributed by atoms with van der Waals surface area (Å²) in [5, 5.41) is 0. The Morgan fingerprint density at radius 1 is 1.04 bits per heavy atom. The van der Waals surface area contributed by atoms with Crippen molar-refractivity contribution in [1.29, 1.82) is 0 Å². The van der Waals surface area contributed by atoms with Crippen molar-refractivity contribution in [3.8, 4) is 5.75 Å². The van der Waals surface area contributed by atoms with Gasteiger partial charge in [0.25, 0.3) is 5.91 Å². The lowest BCUT2D eigenvalue weighted by Crippen LogP contribution is -2.51. The molecule has 0 saturated carbocycles. The summed E-state index contributed by atoms with van der Waals surface area (Å²) in [6.07, 6.45) is 4.30. The summed E-state index contributed by atoms with van der Waals surface area (Å²) in [5.41, 5.74) is 1.58. The van der Waals surface area contributed by atoms with Crippen LogP contribution in [0.25, 0.3) is 0 Å². The molecule has 2 heterocycles. The Kier molecular flexibility index (Phi) is 5.07. The van der Waals surface area contributed by atoms with E-state index in [1.54, 1.807) is 24.1 Å². The van der Waals surface area contributed by atoms with Gasteiger partial charge in [-0.3, -0.25) is 9.59 Å². The van der Waals surface area contributed by atoms with E-state index in [9.17, 15) is 9.59 Å². The van der Waals surface area contributed by atoms with Crippen LogP contribution >= 0.6 is 0 Å². The van der Waals surface area contributed by atoms with Crippen molar-refractivity contribution < 1.29 is 14.3 Å². The fourth-order valence-electron chi connectivity index (χ4n) is 3.10. The van der Waals surface area contributed by atoms with Gasteiger partial charge in [0.1, 0.15) is 5.75 Å². The van der Waals surface area contributed by atoms with Gasteiger partial charge < -0.3 is 19.1 Å². The van der Waals surface area contributed by atoms with Crippen LogP contribution in [-0.4, -0.2) is 59.5 Å². The van der Waals surface area contributed by atoms with Crippen molar-refractivity contribution in [1.82, 2.24) is 14.4 Å². The maximum Gasteiger partial charge on any atom is 0.257 e. The van der Waals surface area contributed by atoms with Crippen LogP contribution in [0.3, 0.4) is 0 Å². The molecule has 1 fully saturated rings. The highest BCUT2D eigenvalue weighted by Gasteiger charge is 2.26. The summed E-state index contributed by atoms with van der Waals surface area (Å²) >= 11 is 0. The molecule has 3 rings (SSSR count). The van der Waals surface area contributed by atoms with Gasteiger partial charge in [-0.05, 0) is 23.8 Å². The summed E-state index contributed by atoms with van der Waals surface area (Å²) in [4.78, 5) is 28.7. The minimum absolute atomic E-state index is 0.0485. The highest BCUT2D eigenvalue weighted by Crippen LogP contribution is 2.20. The summed E-state index contributed by atoms with van der Waals surface area (Å²) in [5.74, 6) is 0.637. The van der Waals surface area contributed by atoms with Gasteiger partial charge in [-0.15, -0.1) is 0 Å². The molecule has 0 unspecified atom stereocenters. The Bertz CT molecular complexity index is 761. The minimum Gasteiger partial charge on any atom is -0.496 e. The first-order valence-corrected chi connectivity index (χ1v) is 8.39. The fourth-order valence-corrected chi connectivity index (χ4v) is 3.10. The van der Waals surface area contributed by atoms with E-state index in [2.05, 4.69) is 0 Å². The van der Waals surface area contributed by atoms with Crippen LogP contribution < -0.4 is 4.74 Å². The molecule has 0 spiro atoms. The lowest BCUT2D eigenvalue weighted by Gasteiger charge is -2.35. The van der Waals surface area contributed by atoms with Crippen LogP contribution in [-0.2, 0) is 18.3 Å². The highest BCUT2D eigenvalue weighted by atomic mass is 16.5. The van der Waals surface area contributed by atoms with Gasteiger partial charge in [-0.25, -0.2) is 0 Å². The molecule has 1 aromatic carbocycles. The highest BCUT2D eigenvalue weighted by molar-refractivity contribution is 5.97. The van der Waals surface area contributed by atoms with E-state index >= 15 is 0 Å². The zero-order valence-electron chi connectivity index (χ0n) is 14.6. The predicted octanol–water partition coefficient (Wildman–Crippen LogP) is 1.56. The second kappa shape index (κ2) is 7.42. The lowest BCUT2D eigenvalue weighted by molar-refractivity contribution is -0.131. The van der Waals surface area contributed by atoms with Crippen LogP contribution in [0.4, 0.5) is 0 Å². The third kappa shape index (κ3) is 3.84. The molecule has 6 nitrogen and oxygen atoms in total. The van der Waals surface area contributed by atoms with Crippen LogP contribution in [0.15, 0.2) is 42.7 Å². The third-order valence-corrected chi connectivity index (χ3v) is 4.51. The zero-order chi connectivity index (χ0) is 17.8. The van der Waals surface area contributed by atoms with Crippen molar-refractivity contribution >= 4 is 11.8 Å². The molecule has 1 aliphatic rings. The Morgan fingerprint density at radius 3 is 2.36 bits per heavy atom. The summed E-state index contributed by atoms with van der Waals surface area (Å²) in [6.45, 7) is 2.20. The van der Waals surface area contributed by atoms with Crippen LogP contribution in [0.2, 0.25) is 0 Å². The van der Waals surface area contributed by atoms with Crippen molar-refractivity contribution in [2.45, 2.75) is 6.42 Å². The summed E-state index contributed by atoms with van der Waals surface area (Å²) in [7, 11) is 3.50. The first kappa shape index (κ1) is 17.1. The van der Waals surface area contributed by atoms with E-state index in [1.165, 1.54) is 0 Å². The number of aromatic nitrogens is 1. The van der Waals surface area contributed by atoms with Crippen molar-refractivity contribution in [2.75, 3.05) is 33.3 Å². The van der Waals surface area contributed by atoms with Crippen molar-refractivity contribution in [3.05, 3.63) is 53.9 Å². The molecule has 1 saturated heterocycles. The maximum absolute atomic E-state index is 12.7. The first-order valence-electron chi connectivity index (χ1n) is 8.39. The van der Waals surface area contributed by atoms with E-state index in [1.807, 2.05) is 47.1 Å². The second-order valence-corrected chi connectivity index (χ2v) is 6.24. The van der Waals surface area contributed by atoms with E-state index < -0.39 is 0 Å². The molecule has 0 aliphatic carbocycles. The number of para-hydroxylation sites is 1. The first-order chi connectivity index (χ1) is 12.1. The number of ether oxygens (including phenoxy) is 1. The van der Waals surface area contributed by atoms with E-state index in [0.717, 1.165) is 5.56 Å². The average Bonchev–Trinajstić information content (AvgIpc) is 3.06. The summed E-state index contributed by atoms with van der Waals surface area (Å²) in [6, 6.07) is 9.19. The number of carbonyl (C=O) groups is 2. The number of aryl methyl sites for hydroxylation is 1. The topological polar surface area (TPSA) is 54.8 Å². The largest absolute Gasteiger partial charge is 0.496 e. The van der Waals surface area contributed by atoms with Crippen LogP contribution in [0.1, 0.15) is 15.9 Å². The standard InChI is InChI=1S/C19H23N3O3/c1-20-8-7-15(14-20)13-18(23)21-9-11-22(12-10-21)19(24)16-5-3-4-6-17(16)25-2/h3-8,14H,9-13H2,1-2H3. The van der Waals surface area contributed by atoms with Gasteiger partial charge in [-0.1, -0.05) is 12.1 Å². The second-order valence-electron chi connectivity index (χ2n) is 6.24. The van der Waals surface area contributed by atoms with E-state index in [0.29, 0.717) is 43.9 Å². The number of amides is 2. The number of carbonyl (C=O) groups excluding carboxylic acids is 2. The predicted molar refractivity (Wildman–Crippen MR) is 94.6 cm³/mol. The monoisotopic (exact) mass is 341 g/mol. The Balaban J connectivity index is 1.58. The molecule has 1 aliphatic heterocycles. The van der Waals surface area contributed by atoms with Gasteiger partial charge in [-0.2, -0.15) is 0 Å². The van der Waals surface area contributed by atoms with Crippen molar-refractivity contribution in [3.63, 3.8) is 0 Å². The normalized spacial score (nSPS) is 14.5. The molecule has 0 atom stereocenters. The molecule has 0 N–H and O–H groups in total. The van der Waals surface area contributed by atoms with Crippen LogP contribution in [0.5, 0.6) is 5.75 Å². The van der Waals surface area contributed by atoms with E-state index in [4.69, 9.17) is 4.74 Å². The third-order valence-electron chi connectivity index (χ3n) is 4.51. The number of benzene rings is 1. The number of nitrogens with zero attached hydrogens (tertiary/aromatic N) is 3. The smallest absolute Gasteiger partial charge is 0.257 e. The van der Waals surface area contributed by atoms with Gasteiger partial charge >= 0.3 is 0 Å². The minimum atomic E-state index is -0.0485. The molecule has 2 aromatic rings. The fraction of sp³-hybridized carbons (Fsp3) is 0.368. The maximum atomic E-state index is 12.7. The molecular formula is C19H23N3O3. The molecule has 0 radical (unpaired) electrons.